The number of carbonyl (C=O) groups excluding carboxylic acids is 2. The lowest BCUT2D eigenvalue weighted by molar-refractivity contribution is -0.275. The molecule has 25 heteroatoms. The van der Waals surface area contributed by atoms with E-state index in [0.717, 1.165) is 4.67 Å². The van der Waals surface area contributed by atoms with Crippen molar-refractivity contribution in [3.63, 3.8) is 0 Å². The molecule has 1 heterocycles. The number of carbonyl (C=O) groups is 2. The first-order chi connectivity index (χ1) is 30.5. The van der Waals surface area contributed by atoms with Crippen LogP contribution in [0.1, 0.15) is 57.2 Å². The number of piperidine rings is 1. The van der Waals surface area contributed by atoms with Crippen molar-refractivity contribution in [3.8, 4) is 5.75 Å². The van der Waals surface area contributed by atoms with Gasteiger partial charge in [-0.3, -0.25) is 14.2 Å². The fourth-order valence-electron chi connectivity index (χ4n) is 5.97. The molecule has 3 aromatic rings. The summed E-state index contributed by atoms with van der Waals surface area (Å²) in [5.74, 6) is -12.5. The van der Waals surface area contributed by atoms with Crippen LogP contribution in [0.15, 0.2) is 48.5 Å². The fraction of sp³-hybridized carbons (Fsp3) is 0.436. The summed E-state index contributed by atoms with van der Waals surface area (Å²) in [6.07, 6.45) is -0.0991. The summed E-state index contributed by atoms with van der Waals surface area (Å²) in [7, 11) is -9.10. The first-order valence-electron chi connectivity index (χ1n) is 19.7. The Bertz CT molecular complexity index is 2100. The predicted molar refractivity (Wildman–Crippen MR) is 221 cm³/mol. The molecule has 354 valence electrons. The maximum atomic E-state index is 14.4. The van der Waals surface area contributed by atoms with E-state index in [4.69, 9.17) is 66.2 Å². The molecule has 1 fully saturated rings. The Morgan fingerprint density at radius 1 is 0.781 bits per heavy atom. The second-order valence-electron chi connectivity index (χ2n) is 13.4. The van der Waals surface area contributed by atoms with E-state index in [1.54, 1.807) is 56.3 Å². The minimum Gasteiger partial charge on any atom is -0.489 e. The topological polar surface area (TPSA) is 170 Å². The van der Waals surface area contributed by atoms with Gasteiger partial charge in [-0.25, -0.2) is 46.1 Å². The lowest BCUT2D eigenvalue weighted by Crippen LogP contribution is -2.53. The van der Waals surface area contributed by atoms with E-state index in [1.165, 1.54) is 18.7 Å². The summed E-state index contributed by atoms with van der Waals surface area (Å²) in [4.78, 5) is 48.6. The van der Waals surface area contributed by atoms with Gasteiger partial charge in [0.2, 0.25) is 17.6 Å². The summed E-state index contributed by atoms with van der Waals surface area (Å²) in [6.45, 7) is 5.68. The lowest BCUT2D eigenvalue weighted by atomic mass is 10.0. The van der Waals surface area contributed by atoms with Crippen LogP contribution in [0, 0.1) is 29.1 Å². The Balaban J connectivity index is 1.60. The van der Waals surface area contributed by atoms with Gasteiger partial charge in [0.05, 0.1) is 32.0 Å². The van der Waals surface area contributed by atoms with Crippen LogP contribution >= 0.6 is 38.5 Å². The third-order valence-electron chi connectivity index (χ3n) is 9.00. The Morgan fingerprint density at radius 3 is 1.80 bits per heavy atom. The summed E-state index contributed by atoms with van der Waals surface area (Å²) in [5.41, 5.74) is -0.336. The van der Waals surface area contributed by atoms with E-state index in [0.29, 0.717) is 39.1 Å². The molecule has 1 aliphatic heterocycles. The third kappa shape index (κ3) is 14.5. The molecule has 0 bridgehead atoms. The third-order valence-corrected chi connectivity index (χ3v) is 12.9. The van der Waals surface area contributed by atoms with Gasteiger partial charge >= 0.3 is 15.3 Å². The molecule has 0 saturated carbocycles. The molecule has 3 aromatic carbocycles. The average Bonchev–Trinajstić information content (AvgIpc) is 3.29. The highest BCUT2D eigenvalue weighted by atomic mass is 35.5. The van der Waals surface area contributed by atoms with Crippen molar-refractivity contribution in [2.24, 2.45) is 0 Å². The van der Waals surface area contributed by atoms with Crippen molar-refractivity contribution in [2.75, 3.05) is 45.8 Å². The number of nitrogens with zero attached hydrogens (tertiary/aromatic N) is 2. The Labute approximate surface area is 375 Å². The van der Waals surface area contributed by atoms with E-state index in [1.807, 2.05) is 0 Å². The largest absolute Gasteiger partial charge is 0.489 e. The van der Waals surface area contributed by atoms with Gasteiger partial charge in [0.15, 0.2) is 23.3 Å². The number of halogens is 7. The molecule has 1 N–H and O–H groups in total. The van der Waals surface area contributed by atoms with Crippen LogP contribution in [0.25, 0.3) is 6.08 Å². The van der Waals surface area contributed by atoms with Crippen LogP contribution in [-0.2, 0) is 70.0 Å². The molecular weight excluding hydrogens is 946 g/mol. The smallest absolute Gasteiger partial charge is 0.463 e. The molecule has 16 nitrogen and oxygen atoms in total. The average molecular weight is 993 g/mol. The number of benzene rings is 3. The monoisotopic (exact) mass is 991 g/mol. The molecule has 1 aliphatic rings. The van der Waals surface area contributed by atoms with Crippen LogP contribution in [0.4, 0.5) is 22.0 Å². The number of rotatable bonds is 25. The molecule has 0 aromatic heterocycles. The SMILES string of the molecule is CCOOP(=O)(CN(C1CCN(C(=O)[C@H](Cc2ccc(OCc3c(Cl)cccc3Cl)cc2)NC(=O)/C=C/c2c(F)c(F)c(F)c(F)c2F)CC1)P(=O)(OOCC)OOCC)OOCC. The number of amides is 2. The second kappa shape index (κ2) is 25.4. The molecule has 4 rings (SSSR count). The zero-order chi connectivity index (χ0) is 47.0. The number of likely N-dealkylation sites (tertiary alicyclic amines) is 1. The van der Waals surface area contributed by atoms with Gasteiger partial charge in [0, 0.05) is 47.2 Å². The van der Waals surface area contributed by atoms with Gasteiger partial charge in [-0.2, -0.15) is 4.67 Å². The Morgan fingerprint density at radius 2 is 1.28 bits per heavy atom. The van der Waals surface area contributed by atoms with Crippen LogP contribution < -0.4 is 10.1 Å². The first kappa shape index (κ1) is 53.1. The van der Waals surface area contributed by atoms with Gasteiger partial charge < -0.3 is 15.0 Å². The number of hydrogen-bond donors (Lipinski definition) is 1. The van der Waals surface area contributed by atoms with Crippen molar-refractivity contribution < 1.29 is 83.7 Å². The van der Waals surface area contributed by atoms with E-state index >= 15 is 0 Å². The molecule has 2 amide bonds. The van der Waals surface area contributed by atoms with E-state index < -0.39 is 80.2 Å². The van der Waals surface area contributed by atoms with Crippen molar-refractivity contribution >= 4 is 56.4 Å². The van der Waals surface area contributed by atoms with E-state index in [-0.39, 0.29) is 65.4 Å². The minimum atomic E-state index is -4.67. The predicted octanol–water partition coefficient (Wildman–Crippen LogP) is 9.43. The van der Waals surface area contributed by atoms with Crippen LogP contribution in [0.2, 0.25) is 10.0 Å². The first-order valence-corrected chi connectivity index (χ1v) is 23.6. The maximum absolute atomic E-state index is 14.4. The molecule has 0 spiro atoms. The normalized spacial score (nSPS) is 14.4. The summed E-state index contributed by atoms with van der Waals surface area (Å²) in [6, 6.07) is 9.11. The molecule has 0 aliphatic carbocycles. The maximum Gasteiger partial charge on any atom is 0.463 e. The zero-order valence-electron chi connectivity index (χ0n) is 34.9. The number of ether oxygens (including phenoxy) is 1. The lowest BCUT2D eigenvalue weighted by Gasteiger charge is -2.40. The van der Waals surface area contributed by atoms with Crippen LogP contribution in [0.5, 0.6) is 5.75 Å². The van der Waals surface area contributed by atoms with Gasteiger partial charge in [0.25, 0.3) is 0 Å². The van der Waals surface area contributed by atoms with E-state index in [9.17, 15) is 40.7 Å². The van der Waals surface area contributed by atoms with Gasteiger partial charge in [-0.1, -0.05) is 41.4 Å². The molecular formula is C39H46Cl2F5N3O13P2. The van der Waals surface area contributed by atoms with E-state index in [2.05, 4.69) is 5.32 Å². The van der Waals surface area contributed by atoms with Gasteiger partial charge in [-0.15, -0.1) is 18.7 Å². The van der Waals surface area contributed by atoms with Crippen molar-refractivity contribution in [3.05, 3.63) is 104 Å². The van der Waals surface area contributed by atoms with Gasteiger partial charge in [0.1, 0.15) is 24.7 Å². The highest BCUT2D eigenvalue weighted by molar-refractivity contribution is 7.56. The second-order valence-corrected chi connectivity index (χ2v) is 17.7. The minimum absolute atomic E-state index is 0.00767. The molecule has 1 atom stereocenters. The Kier molecular flexibility index (Phi) is 21.1. The highest BCUT2D eigenvalue weighted by Gasteiger charge is 2.48. The molecule has 0 radical (unpaired) electrons. The highest BCUT2D eigenvalue weighted by Crippen LogP contribution is 2.61. The summed E-state index contributed by atoms with van der Waals surface area (Å²) in [5, 5.41) is 3.24. The summed E-state index contributed by atoms with van der Waals surface area (Å²) >= 11 is 12.5. The van der Waals surface area contributed by atoms with Crippen molar-refractivity contribution in [2.45, 2.75) is 65.6 Å². The molecule has 0 unspecified atom stereocenters. The summed E-state index contributed by atoms with van der Waals surface area (Å²) < 4.78 is 126. The standard InChI is InChI=1S/C39H46Cl2F5N3O13P2/c1-5-55-59-63(52,60-56-6-2)24-49(64(53,61-57-7-3)62-58-8-4)26-18-20-48(21-19-26)39(51)32(47-33(50)17-16-28-34(42)36(44)38(46)37(45)35(28)43)22-25-12-14-27(15-13-25)54-23-29-30(40)10-9-11-31(29)41/h9-17,26,32H,5-8,18-24H2,1-4H3,(H,47,50)/b17-16+/t32-/m0/s1. The van der Waals surface area contributed by atoms with Crippen molar-refractivity contribution in [1.82, 2.24) is 14.9 Å². The molecule has 64 heavy (non-hydrogen) atoms. The van der Waals surface area contributed by atoms with Crippen LogP contribution in [0.3, 0.4) is 0 Å². The quantitative estimate of drug-likeness (QED) is 0.0162. The Hall–Kier alpha value is -3.53. The number of hydrogen-bond acceptors (Lipinski definition) is 13. The number of nitrogens with one attached hydrogen (secondary N) is 1. The fourth-order valence-corrected chi connectivity index (χ4v) is 10.1. The van der Waals surface area contributed by atoms with Gasteiger partial charge in [-0.05, 0) is 76.4 Å². The van der Waals surface area contributed by atoms with Crippen molar-refractivity contribution in [1.29, 1.82) is 0 Å². The van der Waals surface area contributed by atoms with Crippen LogP contribution in [-0.4, -0.2) is 79.3 Å². The molecule has 1 saturated heterocycles. The zero-order valence-corrected chi connectivity index (χ0v) is 38.2.